The second-order valence-corrected chi connectivity index (χ2v) is 9.00. The van der Waals surface area contributed by atoms with Gasteiger partial charge in [-0.3, -0.25) is 9.59 Å². The van der Waals surface area contributed by atoms with Crippen LogP contribution in [0.25, 0.3) is 0 Å². The molecular weight excluding hydrogens is 278 g/mol. The highest BCUT2D eigenvalue weighted by Crippen LogP contribution is 2.39. The van der Waals surface area contributed by atoms with E-state index in [0.717, 1.165) is 0 Å². The smallest absolute Gasteiger partial charge is 0.277 e. The largest absolute Gasteiger partial charge is 0.339 e. The summed E-state index contributed by atoms with van der Waals surface area (Å²) in [5.74, 6) is 0.369. The second-order valence-electron chi connectivity index (χ2n) is 9.00. The third-order valence-corrected chi connectivity index (χ3v) is 4.94. The summed E-state index contributed by atoms with van der Waals surface area (Å²) >= 11 is 0. The van der Waals surface area contributed by atoms with Gasteiger partial charge >= 0.3 is 0 Å². The van der Waals surface area contributed by atoms with Crippen molar-refractivity contribution in [3.05, 3.63) is 0 Å². The number of amides is 2. The summed E-state index contributed by atoms with van der Waals surface area (Å²) in [6.07, 6.45) is 0. The molecule has 5 nitrogen and oxygen atoms in total. The lowest BCUT2D eigenvalue weighted by molar-refractivity contribution is -0.862. The fraction of sp³-hybridized carbons (Fsp3) is 0.882. The van der Waals surface area contributed by atoms with Crippen molar-refractivity contribution in [3.8, 4) is 0 Å². The molecular formula is C17H34N3O2+. The highest BCUT2D eigenvalue weighted by molar-refractivity contribution is 5.83. The third-order valence-electron chi connectivity index (χ3n) is 4.94. The highest BCUT2D eigenvalue weighted by atomic mass is 16.2. The summed E-state index contributed by atoms with van der Waals surface area (Å²) < 4.78 is 0.634. The van der Waals surface area contributed by atoms with Crippen LogP contribution >= 0.6 is 0 Å². The van der Waals surface area contributed by atoms with Crippen molar-refractivity contribution in [2.45, 2.75) is 34.6 Å². The van der Waals surface area contributed by atoms with Crippen molar-refractivity contribution in [3.63, 3.8) is 0 Å². The monoisotopic (exact) mass is 312 g/mol. The lowest BCUT2D eigenvalue weighted by Gasteiger charge is -2.43. The third kappa shape index (κ3) is 4.45. The van der Waals surface area contributed by atoms with E-state index >= 15 is 0 Å². The zero-order valence-electron chi connectivity index (χ0n) is 15.7. The van der Waals surface area contributed by atoms with Gasteiger partial charge in [0.05, 0.1) is 21.1 Å². The van der Waals surface area contributed by atoms with Gasteiger partial charge < -0.3 is 14.3 Å². The van der Waals surface area contributed by atoms with Crippen LogP contribution in [-0.2, 0) is 9.59 Å². The molecule has 1 aliphatic heterocycles. The van der Waals surface area contributed by atoms with Crippen molar-refractivity contribution < 1.29 is 14.1 Å². The molecule has 5 heteroatoms. The van der Waals surface area contributed by atoms with Crippen LogP contribution in [-0.4, -0.2) is 80.0 Å². The van der Waals surface area contributed by atoms with E-state index in [-0.39, 0.29) is 17.2 Å². The fourth-order valence-corrected chi connectivity index (χ4v) is 2.38. The number of rotatable bonds is 3. The molecule has 1 heterocycles. The van der Waals surface area contributed by atoms with E-state index in [1.807, 2.05) is 44.8 Å². The highest BCUT2D eigenvalue weighted by Gasteiger charge is 2.42. The summed E-state index contributed by atoms with van der Waals surface area (Å²) in [5.41, 5.74) is -0.484. The number of hydrogen-bond acceptors (Lipinski definition) is 2. The van der Waals surface area contributed by atoms with Gasteiger partial charge in [0.15, 0.2) is 6.54 Å². The summed E-state index contributed by atoms with van der Waals surface area (Å²) in [6.45, 7) is 13.4. The standard InChI is InChI=1S/C17H34N3O2/c1-16(2,3)17(4,5)15(22)19-11-9-18(10-12-19)14(21)13-20(6,7)8/h9-13H2,1-8H3/q+1. The Labute approximate surface area is 135 Å². The SMILES string of the molecule is CC(C)(C)C(C)(C)C(=O)N1CCN(C(=O)C[N+](C)(C)C)CC1. The van der Waals surface area contributed by atoms with E-state index < -0.39 is 5.41 Å². The minimum absolute atomic E-state index is 0.0826. The van der Waals surface area contributed by atoms with Gasteiger partial charge in [-0.15, -0.1) is 0 Å². The second kappa shape index (κ2) is 6.19. The number of likely N-dealkylation sites (N-methyl/N-ethyl adjacent to an activating group) is 1. The number of nitrogens with zero attached hydrogens (tertiary/aromatic N) is 3. The number of hydrogen-bond donors (Lipinski definition) is 0. The summed E-state index contributed by atoms with van der Waals surface area (Å²) in [6, 6.07) is 0. The lowest BCUT2D eigenvalue weighted by atomic mass is 9.68. The van der Waals surface area contributed by atoms with Crippen molar-refractivity contribution >= 4 is 11.8 Å². The Morgan fingerprint density at radius 3 is 1.64 bits per heavy atom. The van der Waals surface area contributed by atoms with Crippen molar-refractivity contribution in [1.82, 2.24) is 9.80 Å². The molecule has 0 radical (unpaired) electrons. The Hall–Kier alpha value is -1.10. The lowest BCUT2D eigenvalue weighted by Crippen LogP contribution is -2.57. The number of quaternary nitrogens is 1. The maximum atomic E-state index is 12.8. The molecule has 0 unspecified atom stereocenters. The van der Waals surface area contributed by atoms with Crippen LogP contribution in [0.5, 0.6) is 0 Å². The summed E-state index contributed by atoms with van der Waals surface area (Å²) in [7, 11) is 6.05. The van der Waals surface area contributed by atoms with Crippen molar-refractivity contribution in [2.75, 3.05) is 53.9 Å². The maximum absolute atomic E-state index is 12.8. The first-order valence-corrected chi connectivity index (χ1v) is 8.13. The quantitative estimate of drug-likeness (QED) is 0.740. The molecule has 0 aliphatic carbocycles. The van der Waals surface area contributed by atoms with E-state index in [1.54, 1.807) is 0 Å². The van der Waals surface area contributed by atoms with Gasteiger partial charge in [0, 0.05) is 31.6 Å². The molecule has 0 atom stereocenters. The van der Waals surface area contributed by atoms with Crippen LogP contribution in [0.1, 0.15) is 34.6 Å². The molecule has 128 valence electrons. The Kier molecular flexibility index (Phi) is 5.33. The van der Waals surface area contributed by atoms with E-state index in [4.69, 9.17) is 0 Å². The fourth-order valence-electron chi connectivity index (χ4n) is 2.38. The van der Waals surface area contributed by atoms with Crippen LogP contribution in [0.15, 0.2) is 0 Å². The molecule has 0 aromatic rings. The maximum Gasteiger partial charge on any atom is 0.277 e. The average molecular weight is 312 g/mol. The molecule has 1 fully saturated rings. The normalized spacial score (nSPS) is 17.6. The molecule has 2 amide bonds. The zero-order chi connectivity index (χ0) is 17.3. The Balaban J connectivity index is 2.63. The topological polar surface area (TPSA) is 40.6 Å². The molecule has 0 aromatic carbocycles. The molecule has 0 N–H and O–H groups in total. The first-order chi connectivity index (χ1) is 9.75. The first kappa shape index (κ1) is 18.9. The van der Waals surface area contributed by atoms with Crippen LogP contribution in [0.2, 0.25) is 0 Å². The van der Waals surface area contributed by atoms with Crippen molar-refractivity contribution in [1.29, 1.82) is 0 Å². The van der Waals surface area contributed by atoms with Gasteiger partial charge in [0.25, 0.3) is 5.91 Å². The predicted octanol–water partition coefficient (Wildman–Crippen LogP) is 1.44. The van der Waals surface area contributed by atoms with Gasteiger partial charge in [-0.05, 0) is 5.41 Å². The minimum atomic E-state index is -0.401. The van der Waals surface area contributed by atoms with E-state index in [1.165, 1.54) is 0 Å². The van der Waals surface area contributed by atoms with Gasteiger partial charge in [-0.1, -0.05) is 34.6 Å². The zero-order valence-corrected chi connectivity index (χ0v) is 15.7. The molecule has 22 heavy (non-hydrogen) atoms. The Morgan fingerprint density at radius 2 is 1.27 bits per heavy atom. The number of piperazine rings is 1. The van der Waals surface area contributed by atoms with Gasteiger partial charge in [-0.2, -0.15) is 0 Å². The van der Waals surface area contributed by atoms with E-state index in [2.05, 4.69) is 20.8 Å². The Morgan fingerprint density at radius 1 is 0.864 bits per heavy atom. The summed E-state index contributed by atoms with van der Waals surface area (Å²) in [4.78, 5) is 28.8. The molecule has 1 aliphatic rings. The average Bonchev–Trinajstić information content (AvgIpc) is 2.34. The molecule has 0 spiro atoms. The van der Waals surface area contributed by atoms with Gasteiger partial charge in [0.2, 0.25) is 5.91 Å². The molecule has 0 aromatic heterocycles. The number of carbonyl (C=O) groups is 2. The van der Waals surface area contributed by atoms with Crippen LogP contribution in [0.4, 0.5) is 0 Å². The van der Waals surface area contributed by atoms with E-state index in [0.29, 0.717) is 37.2 Å². The summed E-state index contributed by atoms with van der Waals surface area (Å²) in [5, 5.41) is 0. The first-order valence-electron chi connectivity index (χ1n) is 8.13. The van der Waals surface area contributed by atoms with Crippen molar-refractivity contribution in [2.24, 2.45) is 10.8 Å². The molecule has 0 bridgehead atoms. The minimum Gasteiger partial charge on any atom is -0.339 e. The Bertz CT molecular complexity index is 422. The van der Waals surface area contributed by atoms with Crippen LogP contribution in [0.3, 0.4) is 0 Å². The van der Waals surface area contributed by atoms with Crippen LogP contribution in [0, 0.1) is 10.8 Å². The van der Waals surface area contributed by atoms with E-state index in [9.17, 15) is 9.59 Å². The predicted molar refractivity (Wildman–Crippen MR) is 89.3 cm³/mol. The number of carbonyl (C=O) groups excluding carboxylic acids is 2. The van der Waals surface area contributed by atoms with Gasteiger partial charge in [0.1, 0.15) is 0 Å². The molecule has 1 saturated heterocycles. The molecule has 1 rings (SSSR count). The molecule has 0 saturated carbocycles. The van der Waals surface area contributed by atoms with Crippen LogP contribution < -0.4 is 0 Å². The van der Waals surface area contributed by atoms with Gasteiger partial charge in [-0.25, -0.2) is 0 Å².